The van der Waals surface area contributed by atoms with Crippen LogP contribution >= 0.6 is 11.6 Å². The van der Waals surface area contributed by atoms with E-state index in [9.17, 15) is 14.7 Å². The molecule has 178 valence electrons. The Morgan fingerprint density at radius 2 is 1.76 bits per heavy atom. The number of rotatable bonds is 5. The van der Waals surface area contributed by atoms with E-state index in [1.54, 1.807) is 26.2 Å². The van der Waals surface area contributed by atoms with Crippen LogP contribution in [0.3, 0.4) is 0 Å². The molecule has 0 unspecified atom stereocenters. The molecular formula is C26H26ClNO6. The number of aromatic hydroxyl groups is 1. The molecule has 0 amide bonds. The van der Waals surface area contributed by atoms with E-state index in [4.69, 9.17) is 25.8 Å². The van der Waals surface area contributed by atoms with Gasteiger partial charge in [0.25, 0.3) is 0 Å². The minimum absolute atomic E-state index is 0.0178. The van der Waals surface area contributed by atoms with Crippen LogP contribution in [0.4, 0.5) is 0 Å². The van der Waals surface area contributed by atoms with Crippen LogP contribution < -0.4 is 14.8 Å². The Balaban J connectivity index is 1.83. The molecule has 0 fully saturated rings. The van der Waals surface area contributed by atoms with Gasteiger partial charge in [0, 0.05) is 29.3 Å². The van der Waals surface area contributed by atoms with Crippen LogP contribution in [-0.4, -0.2) is 38.2 Å². The lowest BCUT2D eigenvalue weighted by atomic mass is 9.71. The van der Waals surface area contributed by atoms with Crippen molar-refractivity contribution >= 4 is 23.4 Å². The molecule has 0 radical (unpaired) electrons. The molecule has 7 nitrogen and oxygen atoms in total. The standard InChI is InChI=1S/C26H26ClNO6/c1-13-22(26(31)34-4)23(16-9-18(27)25(30)21(12-16)33-3)24-19(28-13)10-15(11-20(24)29)14-5-7-17(32-2)8-6-14/h5-9,12,15,23,28,30H,10-11H2,1-4H3/t15-,23+/m0/s1. The Labute approximate surface area is 203 Å². The molecule has 1 aliphatic carbocycles. The van der Waals surface area contributed by atoms with Crippen molar-refractivity contribution in [3.05, 3.63) is 75.1 Å². The van der Waals surface area contributed by atoms with Crippen molar-refractivity contribution in [2.45, 2.75) is 31.6 Å². The van der Waals surface area contributed by atoms with E-state index in [1.807, 2.05) is 24.3 Å². The molecule has 0 saturated heterocycles. The van der Waals surface area contributed by atoms with Crippen LogP contribution in [0, 0.1) is 0 Å². The number of Topliss-reactive ketones (excluding diaryl/α,β-unsaturated/α-hetero) is 1. The van der Waals surface area contributed by atoms with E-state index >= 15 is 0 Å². The number of phenols is 1. The van der Waals surface area contributed by atoms with Gasteiger partial charge in [0.2, 0.25) is 0 Å². The van der Waals surface area contributed by atoms with Crippen molar-refractivity contribution in [2.24, 2.45) is 0 Å². The zero-order valence-electron chi connectivity index (χ0n) is 19.4. The minimum Gasteiger partial charge on any atom is -0.503 e. The summed E-state index contributed by atoms with van der Waals surface area (Å²) in [5.74, 6) is -0.640. The molecule has 0 bridgehead atoms. The zero-order chi connectivity index (χ0) is 24.6. The van der Waals surface area contributed by atoms with Gasteiger partial charge in [-0.15, -0.1) is 0 Å². The summed E-state index contributed by atoms with van der Waals surface area (Å²) in [5.41, 5.74) is 3.77. The predicted molar refractivity (Wildman–Crippen MR) is 127 cm³/mol. The summed E-state index contributed by atoms with van der Waals surface area (Å²) < 4.78 is 15.6. The van der Waals surface area contributed by atoms with Crippen molar-refractivity contribution in [3.8, 4) is 17.2 Å². The molecule has 8 heteroatoms. The average Bonchev–Trinajstić information content (AvgIpc) is 2.84. The molecule has 34 heavy (non-hydrogen) atoms. The van der Waals surface area contributed by atoms with Crippen molar-refractivity contribution in [1.82, 2.24) is 5.32 Å². The first-order chi connectivity index (χ1) is 16.3. The van der Waals surface area contributed by atoms with Gasteiger partial charge >= 0.3 is 5.97 Å². The van der Waals surface area contributed by atoms with E-state index in [1.165, 1.54) is 14.2 Å². The van der Waals surface area contributed by atoms with E-state index in [0.29, 0.717) is 35.2 Å². The lowest BCUT2D eigenvalue weighted by Crippen LogP contribution is -2.36. The highest BCUT2D eigenvalue weighted by atomic mass is 35.5. The highest BCUT2D eigenvalue weighted by Crippen LogP contribution is 2.48. The summed E-state index contributed by atoms with van der Waals surface area (Å²) in [6.45, 7) is 1.78. The van der Waals surface area contributed by atoms with Crippen LogP contribution in [0.2, 0.25) is 5.02 Å². The maximum Gasteiger partial charge on any atom is 0.336 e. The number of ketones is 1. The van der Waals surface area contributed by atoms with E-state index in [-0.39, 0.29) is 28.2 Å². The molecule has 1 heterocycles. The number of esters is 1. The molecule has 4 rings (SSSR count). The second-order valence-electron chi connectivity index (χ2n) is 8.34. The number of hydrogen-bond acceptors (Lipinski definition) is 7. The van der Waals surface area contributed by atoms with Crippen molar-refractivity contribution in [2.75, 3.05) is 21.3 Å². The van der Waals surface area contributed by atoms with Crippen LogP contribution in [-0.2, 0) is 14.3 Å². The number of halogens is 1. The van der Waals surface area contributed by atoms with Crippen LogP contribution in [0.5, 0.6) is 17.2 Å². The maximum absolute atomic E-state index is 13.6. The summed E-state index contributed by atoms with van der Waals surface area (Å²) in [4.78, 5) is 26.4. The van der Waals surface area contributed by atoms with Gasteiger partial charge in [0.05, 0.1) is 31.9 Å². The molecule has 0 aromatic heterocycles. The van der Waals surface area contributed by atoms with Gasteiger partial charge in [0.1, 0.15) is 5.75 Å². The number of methoxy groups -OCH3 is 3. The van der Waals surface area contributed by atoms with E-state index in [2.05, 4.69) is 5.32 Å². The fourth-order valence-corrected chi connectivity index (χ4v) is 5.00. The highest BCUT2D eigenvalue weighted by molar-refractivity contribution is 6.32. The molecular weight excluding hydrogens is 458 g/mol. The van der Waals surface area contributed by atoms with Crippen molar-refractivity contribution < 1.29 is 28.9 Å². The molecule has 2 aliphatic rings. The third kappa shape index (κ3) is 4.12. The number of dihydropyridines is 1. The first-order valence-corrected chi connectivity index (χ1v) is 11.2. The third-order valence-corrected chi connectivity index (χ3v) is 6.71. The zero-order valence-corrected chi connectivity index (χ0v) is 20.2. The summed E-state index contributed by atoms with van der Waals surface area (Å²) in [6, 6.07) is 10.9. The number of carbonyl (C=O) groups is 2. The van der Waals surface area contributed by atoms with Crippen LogP contribution in [0.1, 0.15) is 42.7 Å². The number of ether oxygens (including phenoxy) is 3. The lowest BCUT2D eigenvalue weighted by molar-refractivity contribution is -0.136. The number of phenolic OH excluding ortho intramolecular Hbond substituents is 1. The van der Waals surface area contributed by atoms with E-state index < -0.39 is 11.9 Å². The fourth-order valence-electron chi connectivity index (χ4n) is 4.78. The monoisotopic (exact) mass is 483 g/mol. The van der Waals surface area contributed by atoms with Crippen molar-refractivity contribution in [3.63, 3.8) is 0 Å². The van der Waals surface area contributed by atoms with Crippen LogP contribution in [0.15, 0.2) is 58.9 Å². The SMILES string of the molecule is COC(=O)C1=C(C)NC2=C(C(=O)C[C@@H](c3ccc(OC)cc3)C2)[C@@H]1c1cc(Cl)c(O)c(OC)c1. The summed E-state index contributed by atoms with van der Waals surface area (Å²) >= 11 is 6.26. The maximum atomic E-state index is 13.6. The summed E-state index contributed by atoms with van der Waals surface area (Å²) in [5, 5.41) is 13.6. The Hall–Kier alpha value is -3.45. The third-order valence-electron chi connectivity index (χ3n) is 6.42. The second kappa shape index (κ2) is 9.43. The summed E-state index contributed by atoms with van der Waals surface area (Å²) in [6.07, 6.45) is 0.887. The quantitative estimate of drug-likeness (QED) is 0.600. The predicted octanol–water partition coefficient (Wildman–Crippen LogP) is 4.60. The fraction of sp³-hybridized carbons (Fsp3) is 0.308. The Morgan fingerprint density at radius 3 is 2.38 bits per heavy atom. The normalized spacial score (nSPS) is 20.0. The van der Waals surface area contributed by atoms with Gasteiger partial charge in [-0.2, -0.15) is 0 Å². The Kier molecular flexibility index (Phi) is 6.57. The largest absolute Gasteiger partial charge is 0.503 e. The topological polar surface area (TPSA) is 94.1 Å². The van der Waals surface area contributed by atoms with Gasteiger partial charge in [-0.05, 0) is 54.7 Å². The van der Waals surface area contributed by atoms with Crippen LogP contribution in [0.25, 0.3) is 0 Å². The Morgan fingerprint density at radius 1 is 1.06 bits per heavy atom. The van der Waals surface area contributed by atoms with E-state index in [0.717, 1.165) is 17.0 Å². The average molecular weight is 484 g/mol. The molecule has 0 spiro atoms. The summed E-state index contributed by atoms with van der Waals surface area (Å²) in [7, 11) is 4.33. The van der Waals surface area contributed by atoms with Gasteiger partial charge < -0.3 is 24.6 Å². The number of benzene rings is 2. The number of hydrogen-bond donors (Lipinski definition) is 2. The first kappa shape index (κ1) is 23.7. The number of nitrogens with one attached hydrogen (secondary N) is 1. The van der Waals surface area contributed by atoms with Gasteiger partial charge in [-0.25, -0.2) is 4.79 Å². The van der Waals surface area contributed by atoms with Crippen molar-refractivity contribution in [1.29, 1.82) is 0 Å². The molecule has 1 aliphatic heterocycles. The molecule has 0 saturated carbocycles. The molecule has 2 aromatic rings. The number of carbonyl (C=O) groups excluding carboxylic acids is 2. The number of allylic oxidation sites excluding steroid dienone is 3. The molecule has 2 atom stereocenters. The Bertz CT molecular complexity index is 1210. The second-order valence-corrected chi connectivity index (χ2v) is 8.74. The highest BCUT2D eigenvalue weighted by Gasteiger charge is 2.41. The molecule has 2 N–H and O–H groups in total. The van der Waals surface area contributed by atoms with Gasteiger partial charge in [-0.1, -0.05) is 23.7 Å². The smallest absolute Gasteiger partial charge is 0.336 e. The first-order valence-electron chi connectivity index (χ1n) is 10.8. The van der Waals surface area contributed by atoms with Gasteiger partial charge in [-0.3, -0.25) is 4.79 Å². The lowest BCUT2D eigenvalue weighted by Gasteiger charge is -2.36. The van der Waals surface area contributed by atoms with Gasteiger partial charge in [0.15, 0.2) is 17.3 Å². The minimum atomic E-state index is -0.708. The molecule has 2 aromatic carbocycles.